The van der Waals surface area contributed by atoms with Gasteiger partial charge in [0.25, 0.3) is 0 Å². The third kappa shape index (κ3) is 3.89. The average Bonchev–Trinajstić information content (AvgIpc) is 2.63. The molecule has 1 N–H and O–H groups in total. The van der Waals surface area contributed by atoms with Crippen LogP contribution in [-0.2, 0) is 18.0 Å². The van der Waals surface area contributed by atoms with Crippen molar-refractivity contribution < 1.29 is 4.74 Å². The molecule has 0 bridgehead atoms. The van der Waals surface area contributed by atoms with Crippen LogP contribution in [0.3, 0.4) is 0 Å². The van der Waals surface area contributed by atoms with Crippen LogP contribution in [-0.4, -0.2) is 22.7 Å². The van der Waals surface area contributed by atoms with Crippen molar-refractivity contribution in [2.24, 2.45) is 0 Å². The summed E-state index contributed by atoms with van der Waals surface area (Å²) in [6.45, 7) is 7.35. The van der Waals surface area contributed by atoms with Gasteiger partial charge in [-0.2, -0.15) is 0 Å². The van der Waals surface area contributed by atoms with Gasteiger partial charge < -0.3 is 14.6 Å². The molecule has 80 valence electrons. The van der Waals surface area contributed by atoms with E-state index in [-0.39, 0.29) is 0 Å². The summed E-state index contributed by atoms with van der Waals surface area (Å²) in [6.07, 6.45) is 4.97. The molecule has 0 aliphatic heterocycles. The summed E-state index contributed by atoms with van der Waals surface area (Å²) in [5.74, 6) is 0. The standard InChI is InChI=1S/C10H19N3O/c1-3-5-11-6-10-7-13(8-12-10)9-14-4-2/h7-8,11H,3-6,9H2,1-2H3. The molecule has 0 atom stereocenters. The van der Waals surface area contributed by atoms with E-state index >= 15 is 0 Å². The first kappa shape index (κ1) is 11.2. The molecule has 4 heteroatoms. The second-order valence-corrected chi connectivity index (χ2v) is 3.18. The van der Waals surface area contributed by atoms with Crippen molar-refractivity contribution in [2.75, 3.05) is 13.2 Å². The Morgan fingerprint density at radius 2 is 2.36 bits per heavy atom. The fourth-order valence-corrected chi connectivity index (χ4v) is 1.16. The minimum atomic E-state index is 0.595. The molecule has 0 fully saturated rings. The Labute approximate surface area is 85.3 Å². The lowest BCUT2D eigenvalue weighted by molar-refractivity contribution is 0.0877. The molecular weight excluding hydrogens is 178 g/mol. The molecule has 1 aromatic heterocycles. The Hall–Kier alpha value is -0.870. The van der Waals surface area contributed by atoms with Gasteiger partial charge >= 0.3 is 0 Å². The van der Waals surface area contributed by atoms with E-state index in [4.69, 9.17) is 4.74 Å². The van der Waals surface area contributed by atoms with Crippen molar-refractivity contribution in [1.29, 1.82) is 0 Å². The molecule has 0 aliphatic carbocycles. The number of aromatic nitrogens is 2. The van der Waals surface area contributed by atoms with Gasteiger partial charge in [-0.3, -0.25) is 0 Å². The van der Waals surface area contributed by atoms with Crippen LogP contribution in [0.25, 0.3) is 0 Å². The van der Waals surface area contributed by atoms with Crippen LogP contribution >= 0.6 is 0 Å². The summed E-state index contributed by atoms with van der Waals surface area (Å²) in [5, 5.41) is 3.30. The van der Waals surface area contributed by atoms with Crippen LogP contribution in [0.4, 0.5) is 0 Å². The number of hydrogen-bond acceptors (Lipinski definition) is 3. The van der Waals surface area contributed by atoms with Crippen molar-refractivity contribution in [1.82, 2.24) is 14.9 Å². The van der Waals surface area contributed by atoms with Crippen molar-refractivity contribution in [3.63, 3.8) is 0 Å². The van der Waals surface area contributed by atoms with Crippen molar-refractivity contribution in [3.8, 4) is 0 Å². The third-order valence-electron chi connectivity index (χ3n) is 1.86. The van der Waals surface area contributed by atoms with Crippen molar-refractivity contribution >= 4 is 0 Å². The number of ether oxygens (including phenoxy) is 1. The highest BCUT2D eigenvalue weighted by atomic mass is 16.5. The van der Waals surface area contributed by atoms with Crippen LogP contribution in [0.15, 0.2) is 12.5 Å². The first-order valence-electron chi connectivity index (χ1n) is 5.16. The second-order valence-electron chi connectivity index (χ2n) is 3.18. The molecule has 0 amide bonds. The molecule has 0 saturated carbocycles. The molecule has 1 aromatic rings. The molecule has 0 saturated heterocycles. The minimum absolute atomic E-state index is 0.595. The first-order chi connectivity index (χ1) is 6.86. The van der Waals surface area contributed by atoms with Crippen LogP contribution in [0.5, 0.6) is 0 Å². The van der Waals surface area contributed by atoms with Gasteiger partial charge in [-0.1, -0.05) is 6.92 Å². The van der Waals surface area contributed by atoms with Gasteiger partial charge in [0.1, 0.15) is 6.73 Å². The Morgan fingerprint density at radius 3 is 3.07 bits per heavy atom. The Bertz CT molecular complexity index is 247. The van der Waals surface area contributed by atoms with Gasteiger partial charge in [-0.15, -0.1) is 0 Å². The zero-order chi connectivity index (χ0) is 10.2. The van der Waals surface area contributed by atoms with Crippen LogP contribution < -0.4 is 5.32 Å². The molecule has 0 aromatic carbocycles. The van der Waals surface area contributed by atoms with Crippen LogP contribution in [0, 0.1) is 0 Å². The highest BCUT2D eigenvalue weighted by Gasteiger charge is 1.97. The minimum Gasteiger partial charge on any atom is -0.361 e. The Balaban J connectivity index is 2.27. The SMILES string of the molecule is CCCNCc1cn(COCC)cn1. The maximum Gasteiger partial charge on any atom is 0.123 e. The van der Waals surface area contributed by atoms with E-state index in [1.807, 2.05) is 17.7 Å². The topological polar surface area (TPSA) is 39.1 Å². The molecule has 1 heterocycles. The van der Waals surface area contributed by atoms with E-state index < -0.39 is 0 Å². The molecular formula is C10H19N3O. The van der Waals surface area contributed by atoms with Gasteiger partial charge in [-0.05, 0) is 19.9 Å². The molecule has 0 unspecified atom stereocenters. The van der Waals surface area contributed by atoms with Crippen molar-refractivity contribution in [2.45, 2.75) is 33.5 Å². The number of rotatable bonds is 7. The smallest absolute Gasteiger partial charge is 0.123 e. The van der Waals surface area contributed by atoms with Gasteiger partial charge in [-0.25, -0.2) is 4.98 Å². The van der Waals surface area contributed by atoms with E-state index in [1.54, 1.807) is 6.33 Å². The molecule has 0 aliphatic rings. The van der Waals surface area contributed by atoms with Gasteiger partial charge in [0.2, 0.25) is 0 Å². The fourth-order valence-electron chi connectivity index (χ4n) is 1.16. The Morgan fingerprint density at radius 1 is 1.50 bits per heavy atom. The highest BCUT2D eigenvalue weighted by Crippen LogP contribution is 1.96. The fraction of sp³-hybridized carbons (Fsp3) is 0.700. The lowest BCUT2D eigenvalue weighted by Gasteiger charge is -2.00. The van der Waals surface area contributed by atoms with Crippen LogP contribution in [0.2, 0.25) is 0 Å². The van der Waals surface area contributed by atoms with Crippen molar-refractivity contribution in [3.05, 3.63) is 18.2 Å². The monoisotopic (exact) mass is 197 g/mol. The van der Waals surface area contributed by atoms with E-state index in [0.717, 1.165) is 31.8 Å². The molecule has 1 rings (SSSR count). The highest BCUT2D eigenvalue weighted by molar-refractivity contribution is 4.95. The van der Waals surface area contributed by atoms with Gasteiger partial charge in [0.05, 0.1) is 12.0 Å². The number of nitrogens with zero attached hydrogens (tertiary/aromatic N) is 2. The molecule has 0 radical (unpaired) electrons. The molecule has 4 nitrogen and oxygen atoms in total. The summed E-state index contributed by atoms with van der Waals surface area (Å²) < 4.78 is 7.21. The number of nitrogens with one attached hydrogen (secondary N) is 1. The predicted molar refractivity (Wildman–Crippen MR) is 55.9 cm³/mol. The number of imidazole rings is 1. The normalized spacial score (nSPS) is 10.7. The molecule has 14 heavy (non-hydrogen) atoms. The zero-order valence-corrected chi connectivity index (χ0v) is 8.99. The largest absolute Gasteiger partial charge is 0.361 e. The zero-order valence-electron chi connectivity index (χ0n) is 8.99. The summed E-state index contributed by atoms with van der Waals surface area (Å²) in [7, 11) is 0. The summed E-state index contributed by atoms with van der Waals surface area (Å²) in [5.41, 5.74) is 1.07. The van der Waals surface area contributed by atoms with E-state index in [9.17, 15) is 0 Å². The maximum atomic E-state index is 5.26. The lowest BCUT2D eigenvalue weighted by atomic mass is 10.4. The Kier molecular flexibility index (Phi) is 5.25. The predicted octanol–water partition coefficient (Wildman–Crippen LogP) is 1.38. The first-order valence-corrected chi connectivity index (χ1v) is 5.16. The van der Waals surface area contributed by atoms with Gasteiger partial charge in [0.15, 0.2) is 0 Å². The average molecular weight is 197 g/mol. The van der Waals surface area contributed by atoms with E-state index in [1.165, 1.54) is 0 Å². The molecule has 0 spiro atoms. The third-order valence-corrected chi connectivity index (χ3v) is 1.86. The maximum absolute atomic E-state index is 5.26. The lowest BCUT2D eigenvalue weighted by Crippen LogP contribution is -2.13. The van der Waals surface area contributed by atoms with Crippen LogP contribution in [0.1, 0.15) is 26.0 Å². The summed E-state index contributed by atoms with van der Waals surface area (Å²) in [4.78, 5) is 4.26. The number of hydrogen-bond donors (Lipinski definition) is 1. The summed E-state index contributed by atoms with van der Waals surface area (Å²) >= 11 is 0. The van der Waals surface area contributed by atoms with Gasteiger partial charge in [0, 0.05) is 19.3 Å². The quantitative estimate of drug-likeness (QED) is 0.671. The second kappa shape index (κ2) is 6.56. The summed E-state index contributed by atoms with van der Waals surface area (Å²) in [6, 6.07) is 0. The van der Waals surface area contributed by atoms with E-state index in [2.05, 4.69) is 17.2 Å². The van der Waals surface area contributed by atoms with E-state index in [0.29, 0.717) is 6.73 Å².